The summed E-state index contributed by atoms with van der Waals surface area (Å²) in [6.07, 6.45) is 0. The first kappa shape index (κ1) is 17.3. The smallest absolute Gasteiger partial charge is 0.307 e. The Kier molecular flexibility index (Phi) is 5.02. The minimum absolute atomic E-state index is 0.208. The van der Waals surface area contributed by atoms with Crippen molar-refractivity contribution in [2.45, 2.75) is 20.4 Å². The minimum Gasteiger partial charge on any atom is -0.307 e. The van der Waals surface area contributed by atoms with Crippen LogP contribution in [0.4, 0.5) is 10.5 Å². The van der Waals surface area contributed by atoms with E-state index >= 15 is 0 Å². The standard InChI is InChI=1S/C18H18N6O2/c1-12-8-9-15(13(2)10-12)19-18(26)20-16(25)11-24-22-17(21-23-24)14-6-4-3-5-7-14/h3-10H,11H2,1-2H3,(H2,19,20,25,26). The fourth-order valence-corrected chi connectivity index (χ4v) is 2.42. The second-order valence-corrected chi connectivity index (χ2v) is 5.83. The first-order valence-corrected chi connectivity index (χ1v) is 8.02. The molecule has 0 saturated heterocycles. The summed E-state index contributed by atoms with van der Waals surface area (Å²) in [5.74, 6) is -0.123. The van der Waals surface area contributed by atoms with Crippen LogP contribution < -0.4 is 10.6 Å². The Morgan fingerprint density at radius 1 is 1.08 bits per heavy atom. The number of rotatable bonds is 4. The van der Waals surface area contributed by atoms with E-state index in [1.54, 1.807) is 6.07 Å². The maximum absolute atomic E-state index is 12.0. The average molecular weight is 350 g/mol. The molecule has 1 heterocycles. The topological polar surface area (TPSA) is 102 Å². The van der Waals surface area contributed by atoms with Crippen molar-refractivity contribution in [3.8, 4) is 11.4 Å². The zero-order valence-electron chi connectivity index (χ0n) is 14.4. The quantitative estimate of drug-likeness (QED) is 0.752. The lowest BCUT2D eigenvalue weighted by Crippen LogP contribution is -2.37. The van der Waals surface area contributed by atoms with E-state index < -0.39 is 11.9 Å². The zero-order valence-corrected chi connectivity index (χ0v) is 14.4. The Labute approximate surface area is 150 Å². The Balaban J connectivity index is 1.57. The van der Waals surface area contributed by atoms with Crippen LogP contribution in [0.15, 0.2) is 48.5 Å². The molecule has 0 fully saturated rings. The molecule has 8 nitrogen and oxygen atoms in total. The van der Waals surface area contributed by atoms with Crippen LogP contribution in [0.3, 0.4) is 0 Å². The number of aryl methyl sites for hydroxylation is 2. The van der Waals surface area contributed by atoms with Crippen molar-refractivity contribution in [3.05, 3.63) is 59.7 Å². The fourth-order valence-electron chi connectivity index (χ4n) is 2.42. The molecule has 1 aromatic heterocycles. The molecule has 132 valence electrons. The van der Waals surface area contributed by atoms with Gasteiger partial charge in [0.05, 0.1) is 0 Å². The number of hydrogen-bond donors (Lipinski definition) is 2. The van der Waals surface area contributed by atoms with Gasteiger partial charge in [-0.25, -0.2) is 4.79 Å². The van der Waals surface area contributed by atoms with Gasteiger partial charge in [-0.3, -0.25) is 10.1 Å². The Morgan fingerprint density at radius 2 is 1.85 bits per heavy atom. The van der Waals surface area contributed by atoms with E-state index in [1.165, 1.54) is 0 Å². The van der Waals surface area contributed by atoms with Crippen LogP contribution in [0.1, 0.15) is 11.1 Å². The lowest BCUT2D eigenvalue weighted by atomic mass is 10.1. The highest BCUT2D eigenvalue weighted by Crippen LogP contribution is 2.15. The first-order valence-electron chi connectivity index (χ1n) is 8.02. The zero-order chi connectivity index (χ0) is 18.5. The Hall–Kier alpha value is -3.55. The van der Waals surface area contributed by atoms with E-state index in [4.69, 9.17) is 0 Å². The van der Waals surface area contributed by atoms with Gasteiger partial charge in [-0.15, -0.1) is 10.2 Å². The summed E-state index contributed by atoms with van der Waals surface area (Å²) in [5, 5.41) is 16.8. The summed E-state index contributed by atoms with van der Waals surface area (Å²) in [7, 11) is 0. The average Bonchev–Trinajstić information content (AvgIpc) is 3.06. The van der Waals surface area contributed by atoms with Crippen LogP contribution in [0.2, 0.25) is 0 Å². The fraction of sp³-hybridized carbons (Fsp3) is 0.167. The minimum atomic E-state index is -0.606. The molecular weight excluding hydrogens is 332 g/mol. The Bertz CT molecular complexity index is 936. The summed E-state index contributed by atoms with van der Waals surface area (Å²) in [6.45, 7) is 3.64. The number of urea groups is 1. The number of carbonyl (C=O) groups is 2. The van der Waals surface area contributed by atoms with E-state index in [9.17, 15) is 9.59 Å². The number of hydrogen-bond acceptors (Lipinski definition) is 5. The second-order valence-electron chi connectivity index (χ2n) is 5.83. The number of nitrogens with zero attached hydrogens (tertiary/aromatic N) is 4. The molecule has 3 aromatic rings. The van der Waals surface area contributed by atoms with Gasteiger partial charge in [0.2, 0.25) is 5.82 Å². The molecule has 2 aromatic carbocycles. The van der Waals surface area contributed by atoms with Gasteiger partial charge in [-0.05, 0) is 30.7 Å². The summed E-state index contributed by atoms with van der Waals surface area (Å²) in [5.41, 5.74) is 3.45. The normalized spacial score (nSPS) is 10.4. The number of carbonyl (C=O) groups excluding carboxylic acids is 2. The van der Waals surface area contributed by atoms with Crippen molar-refractivity contribution in [1.82, 2.24) is 25.5 Å². The van der Waals surface area contributed by atoms with Crippen LogP contribution in [0.5, 0.6) is 0 Å². The number of amides is 3. The SMILES string of the molecule is Cc1ccc(NC(=O)NC(=O)Cn2nnc(-c3ccccc3)n2)c(C)c1. The number of nitrogens with one attached hydrogen (secondary N) is 2. The highest BCUT2D eigenvalue weighted by atomic mass is 16.2. The maximum Gasteiger partial charge on any atom is 0.325 e. The van der Waals surface area contributed by atoms with Gasteiger partial charge in [0.15, 0.2) is 0 Å². The summed E-state index contributed by atoms with van der Waals surface area (Å²) in [4.78, 5) is 25.1. The molecule has 3 amide bonds. The monoisotopic (exact) mass is 350 g/mol. The van der Waals surface area contributed by atoms with E-state index in [1.807, 2.05) is 56.3 Å². The van der Waals surface area contributed by atoms with Crippen molar-refractivity contribution >= 4 is 17.6 Å². The van der Waals surface area contributed by atoms with Crippen LogP contribution in [-0.2, 0) is 11.3 Å². The van der Waals surface area contributed by atoms with Gasteiger partial charge in [0, 0.05) is 11.3 Å². The van der Waals surface area contributed by atoms with E-state index in [0.29, 0.717) is 11.5 Å². The summed E-state index contributed by atoms with van der Waals surface area (Å²) in [6, 6.07) is 14.3. The van der Waals surface area contributed by atoms with Crippen LogP contribution in [-0.4, -0.2) is 32.1 Å². The number of tetrazole rings is 1. The molecule has 3 rings (SSSR count). The second kappa shape index (κ2) is 7.56. The molecule has 0 unspecified atom stereocenters. The largest absolute Gasteiger partial charge is 0.325 e. The van der Waals surface area contributed by atoms with E-state index in [-0.39, 0.29) is 6.54 Å². The summed E-state index contributed by atoms with van der Waals surface area (Å²) >= 11 is 0. The predicted octanol–water partition coefficient (Wildman–Crippen LogP) is 2.31. The lowest BCUT2D eigenvalue weighted by Gasteiger charge is -2.09. The van der Waals surface area contributed by atoms with Gasteiger partial charge in [0.25, 0.3) is 5.91 Å². The highest BCUT2D eigenvalue weighted by molar-refractivity contribution is 6.01. The number of imide groups is 1. The van der Waals surface area contributed by atoms with Gasteiger partial charge in [-0.2, -0.15) is 4.80 Å². The maximum atomic E-state index is 12.0. The van der Waals surface area contributed by atoms with Crippen molar-refractivity contribution < 1.29 is 9.59 Å². The molecule has 2 N–H and O–H groups in total. The molecule has 0 bridgehead atoms. The molecule has 0 spiro atoms. The molecule has 26 heavy (non-hydrogen) atoms. The number of aromatic nitrogens is 4. The van der Waals surface area contributed by atoms with Gasteiger partial charge < -0.3 is 5.32 Å². The van der Waals surface area contributed by atoms with Crippen LogP contribution >= 0.6 is 0 Å². The van der Waals surface area contributed by atoms with Crippen molar-refractivity contribution in [1.29, 1.82) is 0 Å². The Morgan fingerprint density at radius 3 is 2.58 bits per heavy atom. The third kappa shape index (κ3) is 4.29. The molecular formula is C18H18N6O2. The number of anilines is 1. The van der Waals surface area contributed by atoms with Crippen LogP contribution in [0, 0.1) is 13.8 Å². The molecule has 0 radical (unpaired) electrons. The van der Waals surface area contributed by atoms with Gasteiger partial charge in [-0.1, -0.05) is 48.0 Å². The number of benzene rings is 2. The molecule has 0 atom stereocenters. The van der Waals surface area contributed by atoms with Crippen molar-refractivity contribution in [2.75, 3.05) is 5.32 Å². The van der Waals surface area contributed by atoms with Gasteiger partial charge in [0.1, 0.15) is 6.54 Å². The van der Waals surface area contributed by atoms with Crippen molar-refractivity contribution in [2.24, 2.45) is 0 Å². The lowest BCUT2D eigenvalue weighted by molar-refractivity contribution is -0.120. The first-order chi connectivity index (χ1) is 12.5. The summed E-state index contributed by atoms with van der Waals surface area (Å²) < 4.78 is 0. The van der Waals surface area contributed by atoms with Gasteiger partial charge >= 0.3 is 6.03 Å². The molecule has 8 heteroatoms. The molecule has 0 aliphatic rings. The molecule has 0 aliphatic carbocycles. The predicted molar refractivity (Wildman–Crippen MR) is 96.3 cm³/mol. The highest BCUT2D eigenvalue weighted by Gasteiger charge is 2.12. The van der Waals surface area contributed by atoms with Crippen LogP contribution in [0.25, 0.3) is 11.4 Å². The van der Waals surface area contributed by atoms with E-state index in [2.05, 4.69) is 26.0 Å². The molecule has 0 saturated carbocycles. The third-order valence-corrected chi connectivity index (χ3v) is 3.65. The van der Waals surface area contributed by atoms with Crippen molar-refractivity contribution in [3.63, 3.8) is 0 Å². The third-order valence-electron chi connectivity index (χ3n) is 3.65. The molecule has 0 aliphatic heterocycles. The van der Waals surface area contributed by atoms with E-state index in [0.717, 1.165) is 21.5 Å².